The lowest BCUT2D eigenvalue weighted by Crippen LogP contribution is -1.83. The minimum Gasteiger partial charge on any atom is -0.0610 e. The van der Waals surface area contributed by atoms with Crippen molar-refractivity contribution < 1.29 is 0 Å². The maximum Gasteiger partial charge on any atom is 0.0253 e. The summed E-state index contributed by atoms with van der Waals surface area (Å²) in [6.45, 7) is 0. The van der Waals surface area contributed by atoms with E-state index in [0.717, 1.165) is 8.95 Å². The predicted molar refractivity (Wildman–Crippen MR) is 102 cm³/mol. The molecule has 0 unspecified atom stereocenters. The molecular formula is C20H12Br2. The number of halogens is 2. The van der Waals surface area contributed by atoms with Crippen LogP contribution in [-0.4, -0.2) is 0 Å². The zero-order valence-electron chi connectivity index (χ0n) is 11.7. The summed E-state index contributed by atoms with van der Waals surface area (Å²) in [7, 11) is 0. The van der Waals surface area contributed by atoms with E-state index >= 15 is 0 Å². The molecule has 22 heavy (non-hydrogen) atoms. The second-order valence-corrected chi connectivity index (χ2v) is 7.12. The van der Waals surface area contributed by atoms with E-state index in [1.165, 1.54) is 32.7 Å². The fourth-order valence-corrected chi connectivity index (χ4v) is 3.79. The maximum atomic E-state index is 3.65. The summed E-state index contributed by atoms with van der Waals surface area (Å²) in [5, 5.41) is 5.02. The Morgan fingerprint density at radius 1 is 0.591 bits per heavy atom. The van der Waals surface area contributed by atoms with Crippen LogP contribution >= 0.6 is 31.9 Å². The molecule has 0 radical (unpaired) electrons. The number of hydrogen-bond acceptors (Lipinski definition) is 0. The molecule has 0 aromatic heterocycles. The molecule has 0 fully saturated rings. The van der Waals surface area contributed by atoms with E-state index in [1.807, 2.05) is 0 Å². The molecule has 0 N–H and O–H groups in total. The van der Waals surface area contributed by atoms with Gasteiger partial charge in [0, 0.05) is 8.95 Å². The van der Waals surface area contributed by atoms with Crippen LogP contribution in [0.1, 0.15) is 0 Å². The molecule has 106 valence electrons. The van der Waals surface area contributed by atoms with Gasteiger partial charge in [-0.15, -0.1) is 0 Å². The van der Waals surface area contributed by atoms with Crippen LogP contribution < -0.4 is 0 Å². The van der Waals surface area contributed by atoms with Crippen molar-refractivity contribution in [2.24, 2.45) is 0 Å². The van der Waals surface area contributed by atoms with Crippen LogP contribution in [0.2, 0.25) is 0 Å². The molecule has 0 amide bonds. The monoisotopic (exact) mass is 410 g/mol. The SMILES string of the molecule is Brc1ccc2ccc(-c3cccc4c(Br)cccc34)cc2c1. The highest BCUT2D eigenvalue weighted by Gasteiger charge is 2.06. The standard InChI is InChI=1S/C20H12Br2/c21-16-10-9-13-7-8-14(11-15(13)12-16)17-3-1-5-19-18(17)4-2-6-20(19)22/h1-12H. The molecule has 0 aliphatic rings. The number of rotatable bonds is 1. The van der Waals surface area contributed by atoms with Crippen molar-refractivity contribution in [1.29, 1.82) is 0 Å². The topological polar surface area (TPSA) is 0 Å². The van der Waals surface area contributed by atoms with Crippen LogP contribution in [0, 0.1) is 0 Å². The van der Waals surface area contributed by atoms with Gasteiger partial charge >= 0.3 is 0 Å². The Morgan fingerprint density at radius 2 is 1.36 bits per heavy atom. The highest BCUT2D eigenvalue weighted by Crippen LogP contribution is 2.34. The smallest absolute Gasteiger partial charge is 0.0253 e. The predicted octanol–water partition coefficient (Wildman–Crippen LogP) is 7.19. The minimum absolute atomic E-state index is 1.11. The fraction of sp³-hybridized carbons (Fsp3) is 0. The van der Waals surface area contributed by atoms with E-state index in [9.17, 15) is 0 Å². The normalized spacial score (nSPS) is 11.2. The molecule has 0 atom stereocenters. The molecule has 0 spiro atoms. The van der Waals surface area contributed by atoms with Gasteiger partial charge < -0.3 is 0 Å². The van der Waals surface area contributed by atoms with E-state index < -0.39 is 0 Å². The Hall–Kier alpha value is -1.64. The van der Waals surface area contributed by atoms with Gasteiger partial charge in [0.1, 0.15) is 0 Å². The maximum absolute atomic E-state index is 3.65. The van der Waals surface area contributed by atoms with Crippen LogP contribution in [0.5, 0.6) is 0 Å². The van der Waals surface area contributed by atoms with Crippen molar-refractivity contribution in [3.05, 3.63) is 81.7 Å². The zero-order chi connectivity index (χ0) is 15.1. The average Bonchev–Trinajstić information content (AvgIpc) is 2.54. The highest BCUT2D eigenvalue weighted by atomic mass is 79.9. The summed E-state index contributed by atoms with van der Waals surface area (Å²) in [6.07, 6.45) is 0. The Labute approximate surface area is 146 Å². The summed E-state index contributed by atoms with van der Waals surface area (Å²) in [5.74, 6) is 0. The van der Waals surface area contributed by atoms with E-state index in [0.29, 0.717) is 0 Å². The first-order valence-electron chi connectivity index (χ1n) is 7.09. The summed E-state index contributed by atoms with van der Waals surface area (Å²) in [4.78, 5) is 0. The summed E-state index contributed by atoms with van der Waals surface area (Å²) >= 11 is 7.20. The van der Waals surface area contributed by atoms with Crippen molar-refractivity contribution in [2.45, 2.75) is 0 Å². The molecule has 0 nitrogen and oxygen atoms in total. The number of hydrogen-bond donors (Lipinski definition) is 0. The largest absolute Gasteiger partial charge is 0.0610 e. The van der Waals surface area contributed by atoms with E-state index in [2.05, 4.69) is 105 Å². The third kappa shape index (κ3) is 2.37. The molecule has 0 aliphatic heterocycles. The molecule has 4 aromatic carbocycles. The zero-order valence-corrected chi connectivity index (χ0v) is 14.9. The second-order valence-electron chi connectivity index (χ2n) is 5.35. The van der Waals surface area contributed by atoms with Crippen LogP contribution in [0.15, 0.2) is 81.7 Å². The van der Waals surface area contributed by atoms with E-state index in [-0.39, 0.29) is 0 Å². The molecule has 0 saturated heterocycles. The van der Waals surface area contributed by atoms with E-state index in [1.54, 1.807) is 0 Å². The van der Waals surface area contributed by atoms with Gasteiger partial charge in [-0.05, 0) is 56.9 Å². The van der Waals surface area contributed by atoms with Gasteiger partial charge in [0.2, 0.25) is 0 Å². The molecule has 4 rings (SSSR count). The number of benzene rings is 4. The highest BCUT2D eigenvalue weighted by molar-refractivity contribution is 9.11. The van der Waals surface area contributed by atoms with Crippen molar-refractivity contribution in [3.8, 4) is 11.1 Å². The van der Waals surface area contributed by atoms with Crippen molar-refractivity contribution >= 4 is 53.4 Å². The molecule has 0 heterocycles. The quantitative estimate of drug-likeness (QED) is 0.311. The first-order valence-corrected chi connectivity index (χ1v) is 8.68. The lowest BCUT2D eigenvalue weighted by molar-refractivity contribution is 1.65. The third-order valence-corrected chi connectivity index (χ3v) is 5.17. The minimum atomic E-state index is 1.11. The fourth-order valence-electron chi connectivity index (χ4n) is 2.91. The Bertz CT molecular complexity index is 1000. The van der Waals surface area contributed by atoms with Crippen LogP contribution in [-0.2, 0) is 0 Å². The van der Waals surface area contributed by atoms with Crippen molar-refractivity contribution in [3.63, 3.8) is 0 Å². The first-order chi connectivity index (χ1) is 10.7. The van der Waals surface area contributed by atoms with Gasteiger partial charge in [0.05, 0.1) is 0 Å². The van der Waals surface area contributed by atoms with Gasteiger partial charge in [-0.3, -0.25) is 0 Å². The second kappa shape index (κ2) is 5.53. The molecule has 0 saturated carbocycles. The molecule has 2 heteroatoms. The Kier molecular flexibility index (Phi) is 3.51. The molecule has 0 bridgehead atoms. The first kappa shape index (κ1) is 14.0. The Balaban J connectivity index is 2.01. The van der Waals surface area contributed by atoms with Gasteiger partial charge in [-0.2, -0.15) is 0 Å². The van der Waals surface area contributed by atoms with Gasteiger partial charge in [0.15, 0.2) is 0 Å². The molecule has 0 aliphatic carbocycles. The molecular weight excluding hydrogens is 400 g/mol. The lowest BCUT2D eigenvalue weighted by Gasteiger charge is -2.09. The van der Waals surface area contributed by atoms with Gasteiger partial charge in [-0.25, -0.2) is 0 Å². The summed E-state index contributed by atoms with van der Waals surface area (Å²) in [5.41, 5.74) is 2.51. The van der Waals surface area contributed by atoms with Crippen molar-refractivity contribution in [2.75, 3.05) is 0 Å². The average molecular weight is 412 g/mol. The van der Waals surface area contributed by atoms with Crippen LogP contribution in [0.4, 0.5) is 0 Å². The summed E-state index contributed by atoms with van der Waals surface area (Å²) in [6, 6.07) is 25.9. The van der Waals surface area contributed by atoms with Gasteiger partial charge in [-0.1, -0.05) is 80.4 Å². The van der Waals surface area contributed by atoms with Crippen molar-refractivity contribution in [1.82, 2.24) is 0 Å². The summed E-state index contributed by atoms with van der Waals surface area (Å²) < 4.78 is 2.24. The van der Waals surface area contributed by atoms with Crippen LogP contribution in [0.3, 0.4) is 0 Å². The molecule has 4 aromatic rings. The number of fused-ring (bicyclic) bond motifs is 2. The van der Waals surface area contributed by atoms with Crippen LogP contribution in [0.25, 0.3) is 32.7 Å². The Morgan fingerprint density at radius 3 is 2.27 bits per heavy atom. The van der Waals surface area contributed by atoms with E-state index in [4.69, 9.17) is 0 Å². The third-order valence-electron chi connectivity index (χ3n) is 3.98. The van der Waals surface area contributed by atoms with Gasteiger partial charge in [0.25, 0.3) is 0 Å². The lowest BCUT2D eigenvalue weighted by atomic mass is 9.96.